The highest BCUT2D eigenvalue weighted by Gasteiger charge is 2.43. The van der Waals surface area contributed by atoms with Crippen molar-refractivity contribution in [2.45, 2.75) is 44.6 Å². The van der Waals surface area contributed by atoms with Gasteiger partial charge in [0.25, 0.3) is 0 Å². The standard InChI is InChI=1S/C15H23NO2/c1-14(2,3)10-8-11(15(16)6-7-15)13(18-5)12(9-10)17-4/h8-9H,6-7,16H2,1-5H3. The second-order valence-corrected chi connectivity index (χ2v) is 6.17. The Morgan fingerprint density at radius 3 is 2.11 bits per heavy atom. The van der Waals surface area contributed by atoms with E-state index in [-0.39, 0.29) is 11.0 Å². The molecule has 1 aromatic rings. The quantitative estimate of drug-likeness (QED) is 0.895. The summed E-state index contributed by atoms with van der Waals surface area (Å²) >= 11 is 0. The SMILES string of the molecule is COc1cc(C(C)(C)C)cc(C2(N)CC2)c1OC. The van der Waals surface area contributed by atoms with Gasteiger partial charge in [0.2, 0.25) is 0 Å². The predicted octanol–water partition coefficient (Wildman–Crippen LogP) is 2.95. The minimum Gasteiger partial charge on any atom is -0.493 e. The molecule has 1 fully saturated rings. The van der Waals surface area contributed by atoms with Gasteiger partial charge in [-0.15, -0.1) is 0 Å². The van der Waals surface area contributed by atoms with Crippen molar-refractivity contribution in [3.8, 4) is 11.5 Å². The van der Waals surface area contributed by atoms with Crippen molar-refractivity contribution in [1.29, 1.82) is 0 Å². The molecule has 0 aromatic heterocycles. The summed E-state index contributed by atoms with van der Waals surface area (Å²) in [6.07, 6.45) is 2.03. The number of rotatable bonds is 3. The Labute approximate surface area is 109 Å². The zero-order valence-corrected chi connectivity index (χ0v) is 12.0. The Balaban J connectivity index is 2.62. The molecule has 0 radical (unpaired) electrons. The van der Waals surface area contributed by atoms with E-state index < -0.39 is 0 Å². The molecule has 18 heavy (non-hydrogen) atoms. The molecule has 0 heterocycles. The maximum atomic E-state index is 6.34. The molecule has 1 aliphatic carbocycles. The second kappa shape index (κ2) is 4.16. The monoisotopic (exact) mass is 249 g/mol. The Kier molecular flexibility index (Phi) is 3.06. The van der Waals surface area contributed by atoms with Crippen LogP contribution in [0.2, 0.25) is 0 Å². The molecule has 0 amide bonds. The molecule has 1 aromatic carbocycles. The average molecular weight is 249 g/mol. The fourth-order valence-corrected chi connectivity index (χ4v) is 2.17. The van der Waals surface area contributed by atoms with E-state index in [0.717, 1.165) is 29.9 Å². The summed E-state index contributed by atoms with van der Waals surface area (Å²) in [6.45, 7) is 6.57. The molecule has 3 heteroatoms. The van der Waals surface area contributed by atoms with Crippen LogP contribution in [0.25, 0.3) is 0 Å². The Morgan fingerprint density at radius 1 is 1.11 bits per heavy atom. The van der Waals surface area contributed by atoms with Crippen LogP contribution >= 0.6 is 0 Å². The van der Waals surface area contributed by atoms with Crippen molar-refractivity contribution in [2.24, 2.45) is 5.73 Å². The lowest BCUT2D eigenvalue weighted by molar-refractivity contribution is 0.347. The first-order valence-electron chi connectivity index (χ1n) is 6.38. The molecule has 0 saturated heterocycles. The highest BCUT2D eigenvalue weighted by Crippen LogP contribution is 2.50. The fourth-order valence-electron chi connectivity index (χ4n) is 2.17. The summed E-state index contributed by atoms with van der Waals surface area (Å²) in [5.41, 5.74) is 8.50. The van der Waals surface area contributed by atoms with Crippen molar-refractivity contribution in [2.75, 3.05) is 14.2 Å². The van der Waals surface area contributed by atoms with Gasteiger partial charge >= 0.3 is 0 Å². The van der Waals surface area contributed by atoms with Gasteiger partial charge in [0, 0.05) is 11.1 Å². The third-order valence-electron chi connectivity index (χ3n) is 3.67. The summed E-state index contributed by atoms with van der Waals surface area (Å²) in [6, 6.07) is 4.22. The van der Waals surface area contributed by atoms with Crippen LogP contribution in [0.1, 0.15) is 44.7 Å². The third kappa shape index (κ3) is 2.19. The lowest BCUT2D eigenvalue weighted by Gasteiger charge is -2.25. The third-order valence-corrected chi connectivity index (χ3v) is 3.67. The highest BCUT2D eigenvalue weighted by atomic mass is 16.5. The fraction of sp³-hybridized carbons (Fsp3) is 0.600. The van der Waals surface area contributed by atoms with Gasteiger partial charge in [-0.05, 0) is 36.0 Å². The minimum absolute atomic E-state index is 0.0690. The van der Waals surface area contributed by atoms with Crippen LogP contribution in [-0.4, -0.2) is 14.2 Å². The first kappa shape index (κ1) is 13.2. The highest BCUT2D eigenvalue weighted by molar-refractivity contribution is 5.55. The van der Waals surface area contributed by atoms with Gasteiger partial charge < -0.3 is 15.2 Å². The zero-order valence-electron chi connectivity index (χ0n) is 12.0. The van der Waals surface area contributed by atoms with E-state index in [9.17, 15) is 0 Å². The van der Waals surface area contributed by atoms with Gasteiger partial charge in [-0.3, -0.25) is 0 Å². The maximum Gasteiger partial charge on any atom is 0.165 e. The van der Waals surface area contributed by atoms with E-state index in [2.05, 4.69) is 26.8 Å². The van der Waals surface area contributed by atoms with Crippen molar-refractivity contribution >= 4 is 0 Å². The largest absolute Gasteiger partial charge is 0.493 e. The van der Waals surface area contributed by atoms with Crippen LogP contribution in [-0.2, 0) is 11.0 Å². The topological polar surface area (TPSA) is 44.5 Å². The molecule has 1 aliphatic rings. The van der Waals surface area contributed by atoms with Crippen LogP contribution in [0.15, 0.2) is 12.1 Å². The summed E-state index contributed by atoms with van der Waals surface area (Å²) in [7, 11) is 3.34. The van der Waals surface area contributed by atoms with Gasteiger partial charge in [-0.1, -0.05) is 20.8 Å². The molecular weight excluding hydrogens is 226 g/mol. The second-order valence-electron chi connectivity index (χ2n) is 6.17. The first-order valence-corrected chi connectivity index (χ1v) is 6.38. The van der Waals surface area contributed by atoms with Crippen LogP contribution < -0.4 is 15.2 Å². The van der Waals surface area contributed by atoms with E-state index in [4.69, 9.17) is 15.2 Å². The zero-order chi connectivity index (χ0) is 13.6. The van der Waals surface area contributed by atoms with Crippen LogP contribution in [0, 0.1) is 0 Å². The lowest BCUT2D eigenvalue weighted by atomic mass is 9.84. The molecule has 0 aliphatic heterocycles. The molecule has 3 nitrogen and oxygen atoms in total. The number of ether oxygens (including phenoxy) is 2. The van der Waals surface area contributed by atoms with E-state index in [1.54, 1.807) is 14.2 Å². The Bertz CT molecular complexity index is 456. The summed E-state index contributed by atoms with van der Waals surface area (Å²) in [5, 5.41) is 0. The molecule has 0 atom stereocenters. The number of methoxy groups -OCH3 is 2. The molecule has 0 unspecified atom stereocenters. The van der Waals surface area contributed by atoms with E-state index in [0.29, 0.717) is 0 Å². The molecular formula is C15H23NO2. The van der Waals surface area contributed by atoms with Crippen molar-refractivity contribution in [1.82, 2.24) is 0 Å². The van der Waals surface area contributed by atoms with Gasteiger partial charge in [0.1, 0.15) is 0 Å². The van der Waals surface area contributed by atoms with Crippen molar-refractivity contribution in [3.05, 3.63) is 23.3 Å². The maximum absolute atomic E-state index is 6.34. The summed E-state index contributed by atoms with van der Waals surface area (Å²) in [4.78, 5) is 0. The molecule has 100 valence electrons. The smallest absolute Gasteiger partial charge is 0.165 e. The number of benzene rings is 1. The molecule has 0 spiro atoms. The normalized spacial score (nSPS) is 17.4. The van der Waals surface area contributed by atoms with Gasteiger partial charge in [-0.25, -0.2) is 0 Å². The van der Waals surface area contributed by atoms with Crippen molar-refractivity contribution in [3.63, 3.8) is 0 Å². The summed E-state index contributed by atoms with van der Waals surface area (Å²) < 4.78 is 11.0. The lowest BCUT2D eigenvalue weighted by Crippen LogP contribution is -2.22. The number of nitrogens with two attached hydrogens (primary N) is 1. The predicted molar refractivity (Wildman–Crippen MR) is 73.3 cm³/mol. The van der Waals surface area contributed by atoms with Gasteiger partial charge in [0.15, 0.2) is 11.5 Å². The van der Waals surface area contributed by atoms with Crippen LogP contribution in [0.4, 0.5) is 0 Å². The summed E-state index contributed by atoms with van der Waals surface area (Å²) in [5.74, 6) is 1.56. The van der Waals surface area contributed by atoms with Crippen LogP contribution in [0.5, 0.6) is 11.5 Å². The van der Waals surface area contributed by atoms with Crippen molar-refractivity contribution < 1.29 is 9.47 Å². The molecule has 2 N–H and O–H groups in total. The van der Waals surface area contributed by atoms with Gasteiger partial charge in [0.05, 0.1) is 14.2 Å². The molecule has 0 bridgehead atoms. The first-order chi connectivity index (χ1) is 8.31. The number of hydrogen-bond acceptors (Lipinski definition) is 3. The van der Waals surface area contributed by atoms with E-state index in [1.807, 2.05) is 6.07 Å². The molecule has 2 rings (SSSR count). The minimum atomic E-state index is -0.222. The average Bonchev–Trinajstić information content (AvgIpc) is 3.05. The van der Waals surface area contributed by atoms with Gasteiger partial charge in [-0.2, -0.15) is 0 Å². The van der Waals surface area contributed by atoms with E-state index >= 15 is 0 Å². The number of hydrogen-bond donors (Lipinski definition) is 1. The van der Waals surface area contributed by atoms with Crippen LogP contribution in [0.3, 0.4) is 0 Å². The Morgan fingerprint density at radius 2 is 1.72 bits per heavy atom. The van der Waals surface area contributed by atoms with E-state index in [1.165, 1.54) is 5.56 Å². The Hall–Kier alpha value is -1.22. The molecule has 1 saturated carbocycles.